The molecular formula is C15H13N5S. The summed E-state index contributed by atoms with van der Waals surface area (Å²) >= 11 is 1.64. The summed E-state index contributed by atoms with van der Waals surface area (Å²) in [5, 5.41) is 5.40. The van der Waals surface area contributed by atoms with Crippen molar-refractivity contribution >= 4 is 38.4 Å². The summed E-state index contributed by atoms with van der Waals surface area (Å²) < 4.78 is 3.19. The molecule has 1 N–H and O–H groups in total. The number of nitrogens with one attached hydrogen (secondary N) is 1. The Kier molecular flexibility index (Phi) is 2.82. The molecule has 0 aliphatic carbocycles. The number of benzene rings is 1. The molecule has 3 heterocycles. The van der Waals surface area contributed by atoms with Gasteiger partial charge in [0.1, 0.15) is 18.0 Å². The van der Waals surface area contributed by atoms with Gasteiger partial charge in [0.15, 0.2) is 0 Å². The molecule has 0 atom stereocenters. The van der Waals surface area contributed by atoms with Gasteiger partial charge in [0.05, 0.1) is 27.8 Å². The average molecular weight is 295 g/mol. The molecule has 0 saturated heterocycles. The molecule has 0 aliphatic heterocycles. The minimum atomic E-state index is 0.634. The largest absolute Gasteiger partial charge is 0.362 e. The molecule has 4 aromatic rings. The Morgan fingerprint density at radius 1 is 1.14 bits per heavy atom. The standard InChI is InChI=1S/C15H13N5S/c1-20-12-5-3-2-4-10(12)19-13(20)8-16-15-14-11(6-7-21-14)17-9-18-15/h2-7,9H,8H2,1H3,(H,16,17,18). The number of imidazole rings is 1. The van der Waals surface area contributed by atoms with Crippen LogP contribution in [0, 0.1) is 0 Å². The fourth-order valence-electron chi connectivity index (χ4n) is 2.43. The first-order chi connectivity index (χ1) is 10.3. The van der Waals surface area contributed by atoms with Crippen LogP contribution in [0.1, 0.15) is 5.82 Å². The highest BCUT2D eigenvalue weighted by molar-refractivity contribution is 7.17. The average Bonchev–Trinajstić information content (AvgIpc) is 3.11. The molecule has 0 amide bonds. The van der Waals surface area contributed by atoms with Crippen molar-refractivity contribution in [2.45, 2.75) is 6.54 Å². The predicted octanol–water partition coefficient (Wildman–Crippen LogP) is 3.19. The van der Waals surface area contributed by atoms with Crippen LogP contribution in [-0.2, 0) is 13.6 Å². The Bertz CT molecular complexity index is 924. The number of nitrogens with zero attached hydrogens (tertiary/aromatic N) is 4. The Balaban J connectivity index is 1.66. The molecular weight excluding hydrogens is 282 g/mol. The van der Waals surface area contributed by atoms with Crippen LogP contribution in [0.5, 0.6) is 0 Å². The lowest BCUT2D eigenvalue weighted by molar-refractivity contribution is 0.832. The molecule has 6 heteroatoms. The second kappa shape index (κ2) is 4.82. The number of fused-ring (bicyclic) bond motifs is 2. The Hall–Kier alpha value is -2.47. The zero-order valence-electron chi connectivity index (χ0n) is 11.4. The molecule has 0 radical (unpaired) electrons. The van der Waals surface area contributed by atoms with Gasteiger partial charge < -0.3 is 9.88 Å². The van der Waals surface area contributed by atoms with E-state index in [4.69, 9.17) is 0 Å². The third-order valence-electron chi connectivity index (χ3n) is 3.54. The Labute approximate surface area is 125 Å². The molecule has 4 rings (SSSR count). The van der Waals surface area contributed by atoms with Crippen LogP contribution in [0.2, 0.25) is 0 Å². The lowest BCUT2D eigenvalue weighted by Gasteiger charge is -2.06. The van der Waals surface area contributed by atoms with E-state index in [9.17, 15) is 0 Å². The van der Waals surface area contributed by atoms with Gasteiger partial charge in [-0.05, 0) is 23.6 Å². The van der Waals surface area contributed by atoms with E-state index in [1.807, 2.05) is 36.7 Å². The maximum Gasteiger partial charge on any atom is 0.147 e. The van der Waals surface area contributed by atoms with Crippen LogP contribution in [0.25, 0.3) is 21.3 Å². The molecule has 0 fully saturated rings. The fourth-order valence-corrected chi connectivity index (χ4v) is 3.24. The summed E-state index contributed by atoms with van der Waals surface area (Å²) in [6, 6.07) is 10.1. The molecule has 5 nitrogen and oxygen atoms in total. The molecule has 0 spiro atoms. The van der Waals surface area contributed by atoms with Crippen LogP contribution in [0.3, 0.4) is 0 Å². The van der Waals surface area contributed by atoms with E-state index in [1.165, 1.54) is 0 Å². The first-order valence-electron chi connectivity index (χ1n) is 6.65. The van der Waals surface area contributed by atoms with E-state index >= 15 is 0 Å². The van der Waals surface area contributed by atoms with E-state index in [2.05, 4.69) is 30.9 Å². The van der Waals surface area contributed by atoms with E-state index in [1.54, 1.807) is 17.7 Å². The van der Waals surface area contributed by atoms with Crippen LogP contribution < -0.4 is 5.32 Å². The normalized spacial score (nSPS) is 11.3. The zero-order chi connectivity index (χ0) is 14.2. The molecule has 0 aliphatic rings. The van der Waals surface area contributed by atoms with Gasteiger partial charge in [0.25, 0.3) is 0 Å². The van der Waals surface area contributed by atoms with Gasteiger partial charge in [-0.2, -0.15) is 0 Å². The summed E-state index contributed by atoms with van der Waals surface area (Å²) in [6.45, 7) is 0.634. The lowest BCUT2D eigenvalue weighted by atomic mass is 10.3. The molecule has 0 saturated carbocycles. The topological polar surface area (TPSA) is 55.6 Å². The number of aromatic nitrogens is 4. The van der Waals surface area contributed by atoms with E-state index in [0.29, 0.717) is 6.54 Å². The zero-order valence-corrected chi connectivity index (χ0v) is 12.3. The van der Waals surface area contributed by atoms with Crippen LogP contribution in [0.4, 0.5) is 5.82 Å². The number of rotatable bonds is 3. The molecule has 0 bridgehead atoms. The minimum Gasteiger partial charge on any atom is -0.362 e. The second-order valence-corrected chi connectivity index (χ2v) is 5.70. The smallest absolute Gasteiger partial charge is 0.147 e. The van der Waals surface area contributed by atoms with Gasteiger partial charge in [-0.15, -0.1) is 11.3 Å². The Morgan fingerprint density at radius 2 is 2.05 bits per heavy atom. The van der Waals surface area contributed by atoms with Gasteiger partial charge in [-0.3, -0.25) is 0 Å². The van der Waals surface area contributed by atoms with E-state index in [0.717, 1.165) is 32.9 Å². The van der Waals surface area contributed by atoms with Crippen molar-refractivity contribution in [1.29, 1.82) is 0 Å². The summed E-state index contributed by atoms with van der Waals surface area (Å²) in [7, 11) is 2.03. The number of thiophene rings is 1. The fraction of sp³-hybridized carbons (Fsp3) is 0.133. The van der Waals surface area contributed by atoms with E-state index in [-0.39, 0.29) is 0 Å². The van der Waals surface area contributed by atoms with Gasteiger partial charge >= 0.3 is 0 Å². The van der Waals surface area contributed by atoms with Crippen LogP contribution >= 0.6 is 11.3 Å². The monoisotopic (exact) mass is 295 g/mol. The first kappa shape index (κ1) is 12.3. The Morgan fingerprint density at radius 3 is 2.95 bits per heavy atom. The highest BCUT2D eigenvalue weighted by Crippen LogP contribution is 2.25. The van der Waals surface area contributed by atoms with Crippen molar-refractivity contribution in [3.8, 4) is 0 Å². The highest BCUT2D eigenvalue weighted by atomic mass is 32.1. The minimum absolute atomic E-state index is 0.634. The quantitative estimate of drug-likeness (QED) is 0.630. The predicted molar refractivity (Wildman–Crippen MR) is 85.5 cm³/mol. The van der Waals surface area contributed by atoms with Crippen LogP contribution in [0.15, 0.2) is 42.0 Å². The van der Waals surface area contributed by atoms with E-state index < -0.39 is 0 Å². The summed E-state index contributed by atoms with van der Waals surface area (Å²) in [4.78, 5) is 13.2. The van der Waals surface area contributed by atoms with Crippen molar-refractivity contribution in [3.05, 3.63) is 47.9 Å². The van der Waals surface area contributed by atoms with Gasteiger partial charge in [0, 0.05) is 7.05 Å². The number of anilines is 1. The summed E-state index contributed by atoms with van der Waals surface area (Å²) in [6.07, 6.45) is 1.59. The second-order valence-electron chi connectivity index (χ2n) is 4.79. The van der Waals surface area contributed by atoms with Crippen molar-refractivity contribution in [3.63, 3.8) is 0 Å². The SMILES string of the molecule is Cn1c(CNc2ncnc3ccsc23)nc2ccccc21. The summed E-state index contributed by atoms with van der Waals surface area (Å²) in [5.41, 5.74) is 3.13. The maximum atomic E-state index is 4.66. The molecule has 21 heavy (non-hydrogen) atoms. The van der Waals surface area contributed by atoms with Gasteiger partial charge in [-0.1, -0.05) is 12.1 Å². The molecule has 3 aromatic heterocycles. The third kappa shape index (κ3) is 2.04. The van der Waals surface area contributed by atoms with Gasteiger partial charge in [0.2, 0.25) is 0 Å². The molecule has 1 aromatic carbocycles. The molecule has 0 unspecified atom stereocenters. The first-order valence-corrected chi connectivity index (χ1v) is 7.53. The number of para-hydroxylation sites is 2. The van der Waals surface area contributed by atoms with Crippen molar-refractivity contribution in [2.24, 2.45) is 7.05 Å². The number of hydrogen-bond acceptors (Lipinski definition) is 5. The summed E-state index contributed by atoms with van der Waals surface area (Å²) in [5.74, 6) is 1.85. The van der Waals surface area contributed by atoms with Gasteiger partial charge in [-0.25, -0.2) is 15.0 Å². The van der Waals surface area contributed by atoms with Crippen LogP contribution in [-0.4, -0.2) is 19.5 Å². The highest BCUT2D eigenvalue weighted by Gasteiger charge is 2.09. The lowest BCUT2D eigenvalue weighted by Crippen LogP contribution is -2.07. The van der Waals surface area contributed by atoms with Crippen molar-refractivity contribution in [2.75, 3.05) is 5.32 Å². The third-order valence-corrected chi connectivity index (χ3v) is 4.45. The number of hydrogen-bond donors (Lipinski definition) is 1. The maximum absolute atomic E-state index is 4.66. The molecule has 104 valence electrons. The van der Waals surface area contributed by atoms with Crippen molar-refractivity contribution in [1.82, 2.24) is 19.5 Å². The number of aryl methyl sites for hydroxylation is 1. The van der Waals surface area contributed by atoms with Crippen molar-refractivity contribution < 1.29 is 0 Å².